The lowest BCUT2D eigenvalue weighted by Crippen LogP contribution is -2.14. The van der Waals surface area contributed by atoms with Gasteiger partial charge in [-0.05, 0) is 18.2 Å². The summed E-state index contributed by atoms with van der Waals surface area (Å²) in [5, 5.41) is 9.66. The van der Waals surface area contributed by atoms with Crippen LogP contribution in [-0.4, -0.2) is 23.2 Å². The molecule has 0 aliphatic rings. The summed E-state index contributed by atoms with van der Waals surface area (Å²) in [4.78, 5) is 12.2. The molecule has 2 rings (SSSR count). The normalized spacial score (nSPS) is 11.2. The van der Waals surface area contributed by atoms with Crippen LogP contribution in [0.3, 0.4) is 0 Å². The minimum absolute atomic E-state index is 0.0967. The van der Waals surface area contributed by atoms with Gasteiger partial charge in [-0.3, -0.25) is 9.89 Å². The van der Waals surface area contributed by atoms with Crippen molar-refractivity contribution in [2.24, 2.45) is 0 Å². The molecule has 0 atom stereocenters. The van der Waals surface area contributed by atoms with Crippen LogP contribution in [0, 0.1) is 0 Å². The quantitative estimate of drug-likeness (QED) is 0.757. The molecular formula is C15H20N4O2. The van der Waals surface area contributed by atoms with Gasteiger partial charge >= 0.3 is 0 Å². The first kappa shape index (κ1) is 14.9. The molecule has 0 saturated carbocycles. The van der Waals surface area contributed by atoms with Gasteiger partial charge in [0.25, 0.3) is 5.91 Å². The number of nitrogens with two attached hydrogens (primary N) is 1. The van der Waals surface area contributed by atoms with E-state index in [0.717, 1.165) is 5.69 Å². The first-order valence-corrected chi connectivity index (χ1v) is 6.62. The monoisotopic (exact) mass is 288 g/mol. The van der Waals surface area contributed by atoms with Crippen LogP contribution in [0.5, 0.6) is 5.75 Å². The smallest absolute Gasteiger partial charge is 0.276 e. The van der Waals surface area contributed by atoms with Gasteiger partial charge in [0.1, 0.15) is 5.75 Å². The lowest BCUT2D eigenvalue weighted by atomic mass is 9.92. The van der Waals surface area contributed by atoms with Gasteiger partial charge < -0.3 is 15.8 Å². The third kappa shape index (κ3) is 3.34. The summed E-state index contributed by atoms with van der Waals surface area (Å²) in [5.74, 6) is 0.304. The largest absolute Gasteiger partial charge is 0.497 e. The second-order valence-electron chi connectivity index (χ2n) is 5.82. The maximum atomic E-state index is 12.2. The molecular weight excluding hydrogens is 268 g/mol. The van der Waals surface area contributed by atoms with E-state index < -0.39 is 0 Å². The molecule has 2 aromatic rings. The summed E-state index contributed by atoms with van der Waals surface area (Å²) in [5.41, 5.74) is 7.93. The first-order chi connectivity index (χ1) is 9.81. The minimum atomic E-state index is -0.318. The number of rotatable bonds is 3. The lowest BCUT2D eigenvalue weighted by molar-refractivity contribution is 0.102. The van der Waals surface area contributed by atoms with E-state index in [2.05, 4.69) is 15.5 Å². The number of nitrogens with zero attached hydrogens (tertiary/aromatic N) is 1. The Kier molecular flexibility index (Phi) is 3.88. The summed E-state index contributed by atoms with van der Waals surface area (Å²) < 4.78 is 5.12. The van der Waals surface area contributed by atoms with E-state index in [0.29, 0.717) is 22.8 Å². The SMILES string of the molecule is COc1ccc(N)c(NC(=O)c2cc(C(C)(C)C)[nH]n2)c1. The van der Waals surface area contributed by atoms with E-state index >= 15 is 0 Å². The maximum absolute atomic E-state index is 12.2. The van der Waals surface area contributed by atoms with Crippen molar-refractivity contribution in [2.75, 3.05) is 18.2 Å². The third-order valence-electron chi connectivity index (χ3n) is 3.13. The van der Waals surface area contributed by atoms with E-state index in [1.54, 1.807) is 31.4 Å². The zero-order chi connectivity index (χ0) is 15.6. The Morgan fingerprint density at radius 1 is 1.33 bits per heavy atom. The van der Waals surface area contributed by atoms with Gasteiger partial charge in [0.2, 0.25) is 0 Å². The first-order valence-electron chi connectivity index (χ1n) is 6.62. The van der Waals surface area contributed by atoms with Crippen molar-refractivity contribution in [3.05, 3.63) is 35.7 Å². The third-order valence-corrected chi connectivity index (χ3v) is 3.13. The lowest BCUT2D eigenvalue weighted by Gasteiger charge is -2.14. The van der Waals surface area contributed by atoms with E-state index in [1.165, 1.54) is 0 Å². The number of H-pyrrole nitrogens is 1. The average Bonchev–Trinajstić information content (AvgIpc) is 2.91. The Hall–Kier alpha value is -2.50. The Morgan fingerprint density at radius 3 is 2.62 bits per heavy atom. The van der Waals surface area contributed by atoms with Crippen LogP contribution < -0.4 is 15.8 Å². The van der Waals surface area contributed by atoms with E-state index in [4.69, 9.17) is 10.5 Å². The summed E-state index contributed by atoms with van der Waals surface area (Å²) in [6, 6.07) is 6.83. The fourth-order valence-corrected chi connectivity index (χ4v) is 1.78. The van der Waals surface area contributed by atoms with Crippen LogP contribution in [0.15, 0.2) is 24.3 Å². The number of ether oxygens (including phenoxy) is 1. The molecule has 1 aromatic heterocycles. The summed E-state index contributed by atoms with van der Waals surface area (Å²) >= 11 is 0. The van der Waals surface area contributed by atoms with Gasteiger partial charge in [0, 0.05) is 17.2 Å². The molecule has 21 heavy (non-hydrogen) atoms. The molecule has 6 heteroatoms. The number of amides is 1. The molecule has 0 bridgehead atoms. The van der Waals surface area contributed by atoms with Gasteiger partial charge in [0.15, 0.2) is 5.69 Å². The molecule has 0 radical (unpaired) electrons. The topological polar surface area (TPSA) is 93.0 Å². The van der Waals surface area contributed by atoms with Crippen LogP contribution in [0.2, 0.25) is 0 Å². The molecule has 1 heterocycles. The average molecular weight is 288 g/mol. The molecule has 4 N–H and O–H groups in total. The van der Waals surface area contributed by atoms with Crippen LogP contribution in [-0.2, 0) is 5.41 Å². The molecule has 0 spiro atoms. The molecule has 1 aromatic carbocycles. The Morgan fingerprint density at radius 2 is 2.05 bits per heavy atom. The van der Waals surface area contributed by atoms with Crippen LogP contribution in [0.25, 0.3) is 0 Å². The molecule has 0 saturated heterocycles. The minimum Gasteiger partial charge on any atom is -0.497 e. The van der Waals surface area contributed by atoms with Crippen molar-refractivity contribution in [2.45, 2.75) is 26.2 Å². The predicted molar refractivity (Wildman–Crippen MR) is 82.6 cm³/mol. The fourth-order valence-electron chi connectivity index (χ4n) is 1.78. The van der Waals surface area contributed by atoms with Gasteiger partial charge in [0.05, 0.1) is 18.5 Å². The summed E-state index contributed by atoms with van der Waals surface area (Å²) in [7, 11) is 1.56. The van der Waals surface area contributed by atoms with Crippen molar-refractivity contribution in [1.82, 2.24) is 10.2 Å². The standard InChI is InChI=1S/C15H20N4O2/c1-15(2,3)13-8-12(18-19-13)14(20)17-11-7-9(21-4)5-6-10(11)16/h5-8H,16H2,1-4H3,(H,17,20)(H,18,19). The van der Waals surface area contributed by atoms with Crippen molar-refractivity contribution in [1.29, 1.82) is 0 Å². The Bertz CT molecular complexity index is 656. The number of methoxy groups -OCH3 is 1. The number of hydrogen-bond donors (Lipinski definition) is 3. The highest BCUT2D eigenvalue weighted by atomic mass is 16.5. The molecule has 112 valence electrons. The van der Waals surface area contributed by atoms with Gasteiger partial charge in [-0.2, -0.15) is 5.10 Å². The number of aromatic nitrogens is 2. The fraction of sp³-hybridized carbons (Fsp3) is 0.333. The van der Waals surface area contributed by atoms with Crippen molar-refractivity contribution in [3.63, 3.8) is 0 Å². The van der Waals surface area contributed by atoms with Gasteiger partial charge in [-0.15, -0.1) is 0 Å². The molecule has 0 aliphatic heterocycles. The highest BCUT2D eigenvalue weighted by Crippen LogP contribution is 2.25. The second-order valence-corrected chi connectivity index (χ2v) is 5.82. The number of anilines is 2. The van der Waals surface area contributed by atoms with E-state index in [1.807, 2.05) is 20.8 Å². The van der Waals surface area contributed by atoms with E-state index in [-0.39, 0.29) is 11.3 Å². The number of nitrogen functional groups attached to an aromatic ring is 1. The molecule has 0 unspecified atom stereocenters. The van der Waals surface area contributed by atoms with Crippen molar-refractivity contribution < 1.29 is 9.53 Å². The van der Waals surface area contributed by atoms with Gasteiger partial charge in [-0.25, -0.2) is 0 Å². The zero-order valence-electron chi connectivity index (χ0n) is 12.7. The molecule has 6 nitrogen and oxygen atoms in total. The zero-order valence-corrected chi connectivity index (χ0v) is 12.7. The highest BCUT2D eigenvalue weighted by molar-refractivity contribution is 6.04. The highest BCUT2D eigenvalue weighted by Gasteiger charge is 2.19. The van der Waals surface area contributed by atoms with Crippen molar-refractivity contribution in [3.8, 4) is 5.75 Å². The van der Waals surface area contributed by atoms with E-state index in [9.17, 15) is 4.79 Å². The van der Waals surface area contributed by atoms with Crippen LogP contribution >= 0.6 is 0 Å². The summed E-state index contributed by atoms with van der Waals surface area (Å²) in [6.45, 7) is 6.13. The Balaban J connectivity index is 2.20. The number of carbonyl (C=O) groups excluding carboxylic acids is 1. The van der Waals surface area contributed by atoms with Crippen LogP contribution in [0.4, 0.5) is 11.4 Å². The van der Waals surface area contributed by atoms with Crippen molar-refractivity contribution >= 4 is 17.3 Å². The van der Waals surface area contributed by atoms with Gasteiger partial charge in [-0.1, -0.05) is 20.8 Å². The predicted octanol–water partition coefficient (Wildman–Crippen LogP) is 2.55. The number of aromatic amines is 1. The molecule has 0 fully saturated rings. The Labute approximate surface area is 123 Å². The number of nitrogens with one attached hydrogen (secondary N) is 2. The maximum Gasteiger partial charge on any atom is 0.276 e. The summed E-state index contributed by atoms with van der Waals surface area (Å²) in [6.07, 6.45) is 0. The molecule has 1 amide bonds. The number of benzene rings is 1. The van der Waals surface area contributed by atoms with Crippen LogP contribution in [0.1, 0.15) is 37.0 Å². The number of hydrogen-bond acceptors (Lipinski definition) is 4. The molecule has 0 aliphatic carbocycles. The number of carbonyl (C=O) groups is 1. The second kappa shape index (κ2) is 5.47.